The Morgan fingerprint density at radius 2 is 0.818 bits per heavy atom. The molecule has 0 saturated carbocycles. The molecule has 0 aliphatic heterocycles. The summed E-state index contributed by atoms with van der Waals surface area (Å²) >= 11 is 0. The van der Waals surface area contributed by atoms with Crippen LogP contribution in [0.1, 0.15) is 13.8 Å². The van der Waals surface area contributed by atoms with Crippen molar-refractivity contribution in [1.82, 2.24) is 0 Å². The highest BCUT2D eigenvalue weighted by Gasteiger charge is 2.03. The smallest absolute Gasteiger partial charge is 0.242 e. The van der Waals surface area contributed by atoms with Crippen molar-refractivity contribution in [2.24, 2.45) is 0 Å². The molecular weight excluding hydrogens is 296 g/mol. The van der Waals surface area contributed by atoms with E-state index in [2.05, 4.69) is 19.6 Å². The highest BCUT2D eigenvalue weighted by Crippen LogP contribution is 1.90. The first-order chi connectivity index (χ1) is 10.5. The summed E-state index contributed by atoms with van der Waals surface area (Å²) in [4.78, 5) is 60.1. The predicted octanol–water partition coefficient (Wildman–Crippen LogP) is 1.25. The van der Waals surface area contributed by atoms with Crippen molar-refractivity contribution in [3.05, 3.63) is 48.6 Å². The maximum absolute atomic E-state index is 11.0. The number of carbonyl (C=O) groups is 4. The van der Waals surface area contributed by atoms with Gasteiger partial charge < -0.3 is 0 Å². The average Bonchev–Trinajstić information content (AvgIpc) is 2.48. The molecule has 0 amide bonds. The van der Waals surface area contributed by atoms with E-state index in [9.17, 15) is 19.2 Å². The van der Waals surface area contributed by atoms with Gasteiger partial charge in [-0.3, -0.25) is 0 Å². The Balaban J connectivity index is 4.04. The summed E-state index contributed by atoms with van der Waals surface area (Å²) < 4.78 is 0. The van der Waals surface area contributed by atoms with E-state index in [-0.39, 0.29) is 0 Å². The van der Waals surface area contributed by atoms with E-state index in [1.807, 2.05) is 0 Å². The number of hydrogen-bond donors (Lipinski definition) is 0. The van der Waals surface area contributed by atoms with Gasteiger partial charge in [-0.25, -0.2) is 38.7 Å². The Morgan fingerprint density at radius 3 is 1.09 bits per heavy atom. The topological polar surface area (TPSA) is 105 Å². The molecular formula is C14H14O8. The lowest BCUT2D eigenvalue weighted by molar-refractivity contribution is -0.250. The van der Waals surface area contributed by atoms with Gasteiger partial charge in [0.15, 0.2) is 0 Å². The van der Waals surface area contributed by atoms with Crippen LogP contribution in [-0.2, 0) is 38.7 Å². The molecule has 8 nitrogen and oxygen atoms in total. The van der Waals surface area contributed by atoms with Crippen molar-refractivity contribution < 1.29 is 38.7 Å². The molecule has 22 heavy (non-hydrogen) atoms. The Kier molecular flexibility index (Phi) is 9.98. The SMILES string of the molecule is CC=CC(=O)OOC(=O)C=CC=CC(=O)OOC(=O)C=CC. The molecule has 0 aromatic carbocycles. The van der Waals surface area contributed by atoms with Crippen LogP contribution < -0.4 is 0 Å². The maximum atomic E-state index is 11.0. The third kappa shape index (κ3) is 10.7. The van der Waals surface area contributed by atoms with Crippen LogP contribution in [0.3, 0.4) is 0 Å². The lowest BCUT2D eigenvalue weighted by Crippen LogP contribution is -2.07. The lowest BCUT2D eigenvalue weighted by atomic mass is 10.4. The molecule has 0 spiro atoms. The summed E-state index contributed by atoms with van der Waals surface area (Å²) in [5.41, 5.74) is 0. The molecule has 0 rings (SSSR count). The number of allylic oxidation sites excluding steroid dienone is 4. The normalized spacial score (nSPS) is 11.2. The molecule has 0 aromatic rings. The van der Waals surface area contributed by atoms with Gasteiger partial charge in [-0.2, -0.15) is 0 Å². The van der Waals surface area contributed by atoms with Crippen molar-refractivity contribution >= 4 is 23.9 Å². The van der Waals surface area contributed by atoms with Crippen LogP contribution in [0.25, 0.3) is 0 Å². The van der Waals surface area contributed by atoms with E-state index in [4.69, 9.17) is 0 Å². The minimum atomic E-state index is -0.963. The summed E-state index contributed by atoms with van der Waals surface area (Å²) in [6, 6.07) is 0. The number of hydrogen-bond acceptors (Lipinski definition) is 8. The van der Waals surface area contributed by atoms with Gasteiger partial charge in [0.2, 0.25) is 0 Å². The van der Waals surface area contributed by atoms with E-state index in [1.165, 1.54) is 12.2 Å². The van der Waals surface area contributed by atoms with E-state index >= 15 is 0 Å². The molecule has 118 valence electrons. The van der Waals surface area contributed by atoms with E-state index in [0.717, 1.165) is 36.5 Å². The molecule has 0 saturated heterocycles. The first-order valence-corrected chi connectivity index (χ1v) is 5.94. The second-order valence-electron chi connectivity index (χ2n) is 3.33. The number of carbonyl (C=O) groups excluding carboxylic acids is 4. The average molecular weight is 310 g/mol. The summed E-state index contributed by atoms with van der Waals surface area (Å²) in [5.74, 6) is -3.61. The molecule has 0 radical (unpaired) electrons. The summed E-state index contributed by atoms with van der Waals surface area (Å²) in [6.45, 7) is 3.17. The van der Waals surface area contributed by atoms with E-state index < -0.39 is 23.9 Å². The van der Waals surface area contributed by atoms with Crippen molar-refractivity contribution in [2.75, 3.05) is 0 Å². The first-order valence-electron chi connectivity index (χ1n) is 5.94. The summed E-state index contributed by atoms with van der Waals surface area (Å²) in [6.07, 6.45) is 8.95. The molecule has 0 fully saturated rings. The quantitative estimate of drug-likeness (QED) is 0.323. The lowest BCUT2D eigenvalue weighted by Gasteiger charge is -1.96. The zero-order chi connectivity index (χ0) is 16.8. The third-order valence-electron chi connectivity index (χ3n) is 1.59. The fraction of sp³-hybridized carbons (Fsp3) is 0.143. The van der Waals surface area contributed by atoms with E-state index in [0.29, 0.717) is 0 Å². The summed E-state index contributed by atoms with van der Waals surface area (Å²) in [7, 11) is 0. The molecule has 0 unspecified atom stereocenters. The minimum absolute atomic E-state index is 0.841. The van der Waals surface area contributed by atoms with Crippen LogP contribution in [0.15, 0.2) is 48.6 Å². The molecule has 0 bridgehead atoms. The zero-order valence-electron chi connectivity index (χ0n) is 11.9. The van der Waals surface area contributed by atoms with Crippen molar-refractivity contribution in [2.45, 2.75) is 13.8 Å². The highest BCUT2D eigenvalue weighted by atomic mass is 17.2. The fourth-order valence-electron chi connectivity index (χ4n) is 0.816. The maximum Gasteiger partial charge on any atom is 0.379 e. The van der Waals surface area contributed by atoms with Crippen molar-refractivity contribution in [3.8, 4) is 0 Å². The van der Waals surface area contributed by atoms with Crippen LogP contribution in [0.4, 0.5) is 0 Å². The standard InChI is InChI=1S/C14H14O8/c1-3-7-11(15)19-21-13(17)9-5-6-10-14(18)22-20-12(16)8-4-2/h3-10H,1-2H3. The molecule has 0 atom stereocenters. The van der Waals surface area contributed by atoms with E-state index in [1.54, 1.807) is 13.8 Å². The predicted molar refractivity (Wildman–Crippen MR) is 72.3 cm³/mol. The summed E-state index contributed by atoms with van der Waals surface area (Å²) in [5, 5.41) is 0. The van der Waals surface area contributed by atoms with Gasteiger partial charge >= 0.3 is 23.9 Å². The van der Waals surface area contributed by atoms with Gasteiger partial charge in [0, 0.05) is 24.3 Å². The van der Waals surface area contributed by atoms with Crippen LogP contribution in [-0.4, -0.2) is 23.9 Å². The second kappa shape index (κ2) is 11.6. The molecule has 0 N–H and O–H groups in total. The van der Waals surface area contributed by atoms with Gasteiger partial charge in [-0.05, 0) is 13.8 Å². The fourth-order valence-corrected chi connectivity index (χ4v) is 0.816. The largest absolute Gasteiger partial charge is 0.379 e. The zero-order valence-corrected chi connectivity index (χ0v) is 11.9. The molecule has 0 aliphatic carbocycles. The molecule has 0 aliphatic rings. The van der Waals surface area contributed by atoms with Crippen LogP contribution >= 0.6 is 0 Å². The van der Waals surface area contributed by atoms with Crippen LogP contribution in [0.5, 0.6) is 0 Å². The molecule has 0 aromatic heterocycles. The van der Waals surface area contributed by atoms with Gasteiger partial charge in [0.05, 0.1) is 0 Å². The molecule has 0 heterocycles. The second-order valence-corrected chi connectivity index (χ2v) is 3.33. The van der Waals surface area contributed by atoms with Crippen LogP contribution in [0.2, 0.25) is 0 Å². The Morgan fingerprint density at radius 1 is 0.545 bits per heavy atom. The Hall–Kier alpha value is -3.16. The first kappa shape index (κ1) is 18.8. The Labute approximate surface area is 126 Å². The molecule has 8 heteroatoms. The van der Waals surface area contributed by atoms with Crippen molar-refractivity contribution in [1.29, 1.82) is 0 Å². The van der Waals surface area contributed by atoms with Gasteiger partial charge in [0.25, 0.3) is 0 Å². The van der Waals surface area contributed by atoms with Crippen molar-refractivity contribution in [3.63, 3.8) is 0 Å². The van der Waals surface area contributed by atoms with Crippen LogP contribution in [0, 0.1) is 0 Å². The van der Waals surface area contributed by atoms with Gasteiger partial charge in [-0.1, -0.05) is 24.3 Å². The monoisotopic (exact) mass is 310 g/mol. The third-order valence-corrected chi connectivity index (χ3v) is 1.59. The highest BCUT2D eigenvalue weighted by molar-refractivity contribution is 5.86. The van der Waals surface area contributed by atoms with Gasteiger partial charge in [0.1, 0.15) is 0 Å². The Bertz CT molecular complexity index is 477. The van der Waals surface area contributed by atoms with Gasteiger partial charge in [-0.15, -0.1) is 0 Å². The number of rotatable bonds is 5. The minimum Gasteiger partial charge on any atom is -0.242 e.